The van der Waals surface area contributed by atoms with E-state index < -0.39 is 0 Å². The number of hydrogen-bond donors (Lipinski definition) is 0. The Hall–Kier alpha value is -1.18. The molecule has 0 aromatic heterocycles. The van der Waals surface area contributed by atoms with Crippen molar-refractivity contribution in [3.05, 3.63) is 35.6 Å². The number of rotatable bonds is 2. The Morgan fingerprint density at radius 2 is 2.00 bits per heavy atom. The van der Waals surface area contributed by atoms with Crippen LogP contribution in [0.1, 0.15) is 25.3 Å². The van der Waals surface area contributed by atoms with Crippen LogP contribution in [0.5, 0.6) is 0 Å². The maximum atomic E-state index is 13.0. The zero-order valence-corrected chi connectivity index (χ0v) is 7.17. The molecule has 0 saturated carbocycles. The lowest BCUT2D eigenvalue weighted by molar-refractivity contribution is -0.118. The van der Waals surface area contributed by atoms with Crippen LogP contribution in [-0.2, 0) is 4.79 Å². The van der Waals surface area contributed by atoms with Crippen molar-refractivity contribution in [1.82, 2.24) is 0 Å². The fourth-order valence-corrected chi connectivity index (χ4v) is 1.05. The molecule has 0 bridgehead atoms. The topological polar surface area (TPSA) is 17.1 Å². The number of ketones is 1. The van der Waals surface area contributed by atoms with Crippen molar-refractivity contribution < 1.29 is 9.18 Å². The minimum absolute atomic E-state index is 0.0138. The lowest BCUT2D eigenvalue weighted by atomic mass is 9.97. The van der Waals surface area contributed by atoms with Gasteiger partial charge in [-0.3, -0.25) is 4.79 Å². The van der Waals surface area contributed by atoms with Crippen molar-refractivity contribution in [1.29, 1.82) is 0 Å². The highest BCUT2D eigenvalue weighted by Gasteiger charge is 2.13. The van der Waals surface area contributed by atoms with Gasteiger partial charge in [-0.05, 0) is 18.6 Å². The number of halogens is 1. The van der Waals surface area contributed by atoms with E-state index in [-0.39, 0.29) is 17.5 Å². The van der Waals surface area contributed by atoms with E-state index in [1.54, 1.807) is 25.1 Å². The first kappa shape index (κ1) is 8.91. The van der Waals surface area contributed by atoms with Crippen LogP contribution < -0.4 is 0 Å². The average molecular weight is 166 g/mol. The van der Waals surface area contributed by atoms with Gasteiger partial charge in [-0.1, -0.05) is 25.1 Å². The molecule has 0 N–H and O–H groups in total. The molecule has 0 aliphatic heterocycles. The number of benzene rings is 1. The van der Waals surface area contributed by atoms with E-state index in [0.29, 0.717) is 5.56 Å². The molecule has 0 aliphatic carbocycles. The number of carbonyl (C=O) groups is 1. The van der Waals surface area contributed by atoms with Gasteiger partial charge in [0.25, 0.3) is 0 Å². The first-order valence-electron chi connectivity index (χ1n) is 3.88. The van der Waals surface area contributed by atoms with Crippen LogP contribution in [0.15, 0.2) is 24.3 Å². The van der Waals surface area contributed by atoms with Gasteiger partial charge in [-0.2, -0.15) is 0 Å². The molecule has 0 amide bonds. The summed E-state index contributed by atoms with van der Waals surface area (Å²) >= 11 is 0. The molecular weight excluding hydrogens is 155 g/mol. The largest absolute Gasteiger partial charge is 0.299 e. The number of Topliss-reactive ketones (excluding diaryl/α,β-unsaturated/α-hetero) is 1. The fraction of sp³-hybridized carbons (Fsp3) is 0.300. The Morgan fingerprint density at radius 3 is 2.50 bits per heavy atom. The van der Waals surface area contributed by atoms with E-state index in [0.717, 1.165) is 0 Å². The van der Waals surface area contributed by atoms with Crippen molar-refractivity contribution >= 4 is 5.78 Å². The molecule has 12 heavy (non-hydrogen) atoms. The van der Waals surface area contributed by atoms with Crippen molar-refractivity contribution in [3.8, 4) is 0 Å². The lowest BCUT2D eigenvalue weighted by Gasteiger charge is -2.07. The summed E-state index contributed by atoms with van der Waals surface area (Å²) in [5.41, 5.74) is 0.477. The van der Waals surface area contributed by atoms with Gasteiger partial charge in [0.2, 0.25) is 0 Å². The Bertz CT molecular complexity index is 294. The summed E-state index contributed by atoms with van der Waals surface area (Å²) in [6, 6.07) is 6.36. The van der Waals surface area contributed by atoms with Crippen LogP contribution in [0.2, 0.25) is 0 Å². The van der Waals surface area contributed by atoms with Crippen molar-refractivity contribution in [2.24, 2.45) is 0 Å². The molecule has 0 saturated heterocycles. The normalized spacial score (nSPS) is 12.6. The van der Waals surface area contributed by atoms with Gasteiger partial charge in [-0.15, -0.1) is 0 Å². The van der Waals surface area contributed by atoms with Crippen LogP contribution >= 0.6 is 0 Å². The standard InChI is InChI=1S/C10H11FO/c1-7(8(2)12)9-5-3-4-6-10(9)11/h3-7H,1-2H3/t7-/m0/s1. The summed E-state index contributed by atoms with van der Waals surface area (Å²) < 4.78 is 13.0. The molecule has 2 heteroatoms. The van der Waals surface area contributed by atoms with E-state index >= 15 is 0 Å². The highest BCUT2D eigenvalue weighted by atomic mass is 19.1. The number of hydrogen-bond acceptors (Lipinski definition) is 1. The SMILES string of the molecule is CC(=O)[C@H](C)c1ccccc1F. The molecule has 0 spiro atoms. The maximum absolute atomic E-state index is 13.0. The summed E-state index contributed by atoms with van der Waals surface area (Å²) in [6.07, 6.45) is 0. The van der Waals surface area contributed by atoms with Gasteiger partial charge < -0.3 is 0 Å². The molecular formula is C10H11FO. The molecule has 0 aliphatic rings. The van der Waals surface area contributed by atoms with E-state index in [1.165, 1.54) is 13.0 Å². The third-order valence-corrected chi connectivity index (χ3v) is 1.98. The first-order valence-corrected chi connectivity index (χ1v) is 3.88. The maximum Gasteiger partial charge on any atom is 0.137 e. The quantitative estimate of drug-likeness (QED) is 0.659. The lowest BCUT2D eigenvalue weighted by Crippen LogP contribution is -2.05. The molecule has 1 aromatic carbocycles. The zero-order chi connectivity index (χ0) is 9.14. The van der Waals surface area contributed by atoms with Gasteiger partial charge in [0, 0.05) is 5.92 Å². The van der Waals surface area contributed by atoms with Crippen molar-refractivity contribution in [2.75, 3.05) is 0 Å². The predicted octanol–water partition coefficient (Wildman–Crippen LogP) is 2.52. The minimum Gasteiger partial charge on any atom is -0.299 e. The Balaban J connectivity index is 3.02. The molecule has 1 aromatic rings. The minimum atomic E-state index is -0.341. The van der Waals surface area contributed by atoms with E-state index in [4.69, 9.17) is 0 Å². The highest BCUT2D eigenvalue weighted by molar-refractivity contribution is 5.82. The van der Waals surface area contributed by atoms with Crippen LogP contribution in [0.3, 0.4) is 0 Å². The second-order valence-corrected chi connectivity index (χ2v) is 2.85. The zero-order valence-electron chi connectivity index (χ0n) is 7.17. The summed E-state index contributed by atoms with van der Waals surface area (Å²) in [6.45, 7) is 3.18. The van der Waals surface area contributed by atoms with Crippen LogP contribution in [0.25, 0.3) is 0 Å². The monoisotopic (exact) mass is 166 g/mol. The molecule has 0 heterocycles. The molecule has 1 atom stereocenters. The van der Waals surface area contributed by atoms with Gasteiger partial charge in [0.15, 0.2) is 0 Å². The predicted molar refractivity (Wildman–Crippen MR) is 45.5 cm³/mol. The number of carbonyl (C=O) groups excluding carboxylic acids is 1. The molecule has 0 unspecified atom stereocenters. The van der Waals surface area contributed by atoms with Gasteiger partial charge >= 0.3 is 0 Å². The molecule has 1 rings (SSSR count). The van der Waals surface area contributed by atoms with E-state index in [9.17, 15) is 9.18 Å². The smallest absolute Gasteiger partial charge is 0.137 e. The molecule has 64 valence electrons. The van der Waals surface area contributed by atoms with E-state index in [1.807, 2.05) is 0 Å². The second-order valence-electron chi connectivity index (χ2n) is 2.85. The third kappa shape index (κ3) is 1.70. The van der Waals surface area contributed by atoms with Crippen molar-refractivity contribution in [2.45, 2.75) is 19.8 Å². The summed E-state index contributed by atoms with van der Waals surface area (Å²) in [4.78, 5) is 10.9. The van der Waals surface area contributed by atoms with Crippen LogP contribution in [0.4, 0.5) is 4.39 Å². The van der Waals surface area contributed by atoms with Crippen molar-refractivity contribution in [3.63, 3.8) is 0 Å². The Kier molecular flexibility index (Phi) is 2.58. The van der Waals surface area contributed by atoms with E-state index in [2.05, 4.69) is 0 Å². The fourth-order valence-electron chi connectivity index (χ4n) is 1.05. The van der Waals surface area contributed by atoms with Gasteiger partial charge in [0.1, 0.15) is 11.6 Å². The summed E-state index contributed by atoms with van der Waals surface area (Å²) in [7, 11) is 0. The Morgan fingerprint density at radius 1 is 1.42 bits per heavy atom. The summed E-state index contributed by atoms with van der Waals surface area (Å²) in [5.74, 6) is -0.661. The first-order chi connectivity index (χ1) is 5.63. The average Bonchev–Trinajstić information content (AvgIpc) is 2.04. The third-order valence-electron chi connectivity index (χ3n) is 1.98. The van der Waals surface area contributed by atoms with Gasteiger partial charge in [-0.25, -0.2) is 4.39 Å². The molecule has 1 nitrogen and oxygen atoms in total. The highest BCUT2D eigenvalue weighted by Crippen LogP contribution is 2.18. The molecule has 0 fully saturated rings. The Labute approximate surface area is 71.2 Å². The van der Waals surface area contributed by atoms with Crippen LogP contribution in [0, 0.1) is 5.82 Å². The molecule has 0 radical (unpaired) electrons. The second kappa shape index (κ2) is 3.48. The van der Waals surface area contributed by atoms with Crippen LogP contribution in [-0.4, -0.2) is 5.78 Å². The summed E-state index contributed by atoms with van der Waals surface area (Å²) in [5, 5.41) is 0. The van der Waals surface area contributed by atoms with Gasteiger partial charge in [0.05, 0.1) is 0 Å².